The van der Waals surface area contributed by atoms with E-state index in [1.165, 1.54) is 95.7 Å². The van der Waals surface area contributed by atoms with Crippen molar-refractivity contribution >= 4 is 0 Å². The minimum absolute atomic E-state index is 0.122. The zero-order valence-electron chi connectivity index (χ0n) is 19.0. The van der Waals surface area contributed by atoms with Gasteiger partial charge >= 0.3 is 0 Å². The van der Waals surface area contributed by atoms with Gasteiger partial charge in [0.25, 0.3) is 5.82 Å². The van der Waals surface area contributed by atoms with Crippen molar-refractivity contribution in [3.8, 4) is 0 Å². The number of unbranched alkanes of at least 4 members (excludes halogenated alkanes) is 13. The summed E-state index contributed by atoms with van der Waals surface area (Å²) in [6, 6.07) is 0. The molecule has 4 heteroatoms. The van der Waals surface area contributed by atoms with E-state index < -0.39 is 0 Å². The van der Waals surface area contributed by atoms with E-state index in [1.54, 1.807) is 7.11 Å². The highest BCUT2D eigenvalue weighted by molar-refractivity contribution is 4.81. The number of H-pyrrole nitrogens is 1. The Balaban J connectivity index is 1.82. The average Bonchev–Trinajstić information content (AvgIpc) is 3.11. The van der Waals surface area contributed by atoms with Crippen LogP contribution in [0.1, 0.15) is 103 Å². The monoisotopic (exact) mass is 395 g/mol. The first-order valence-corrected chi connectivity index (χ1v) is 11.9. The number of hydrogen-bond acceptors (Lipinski definition) is 2. The molecule has 1 N–H and O–H groups in total. The normalized spacial score (nSPS) is 12.5. The van der Waals surface area contributed by atoms with E-state index in [0.717, 1.165) is 13.0 Å². The highest BCUT2D eigenvalue weighted by Crippen LogP contribution is 2.13. The first-order valence-electron chi connectivity index (χ1n) is 11.9. The van der Waals surface area contributed by atoms with Crippen LogP contribution in [0.3, 0.4) is 0 Å². The summed E-state index contributed by atoms with van der Waals surface area (Å²) in [5.41, 5.74) is 0. The Bertz CT molecular complexity index is 448. The van der Waals surface area contributed by atoms with Crippen LogP contribution in [0.4, 0.5) is 0 Å². The number of hydrogen-bond donors (Lipinski definition) is 1. The average molecular weight is 396 g/mol. The van der Waals surface area contributed by atoms with Gasteiger partial charge in [-0.3, -0.25) is 0 Å². The SMILES string of the molecule is CCCCCCCCCCCCCCCCOCC(Cc1[nH]cc[n+]1C)OC. The molecule has 1 heterocycles. The molecule has 1 atom stereocenters. The molecule has 0 aliphatic carbocycles. The Morgan fingerprint density at radius 2 is 1.39 bits per heavy atom. The molecule has 0 bridgehead atoms. The van der Waals surface area contributed by atoms with Crippen molar-refractivity contribution in [1.29, 1.82) is 0 Å². The Morgan fingerprint density at radius 3 is 1.86 bits per heavy atom. The van der Waals surface area contributed by atoms with E-state index >= 15 is 0 Å². The van der Waals surface area contributed by atoms with Gasteiger partial charge in [-0.1, -0.05) is 90.4 Å². The molecule has 1 aromatic rings. The largest absolute Gasteiger partial charge is 0.379 e. The number of nitrogens with one attached hydrogen (secondary N) is 1. The van der Waals surface area contributed by atoms with E-state index in [1.807, 2.05) is 19.4 Å². The molecule has 0 saturated carbocycles. The number of rotatable bonds is 20. The minimum atomic E-state index is 0.122. The third kappa shape index (κ3) is 13.3. The van der Waals surface area contributed by atoms with Crippen molar-refractivity contribution in [3.05, 3.63) is 18.2 Å². The van der Waals surface area contributed by atoms with E-state index in [2.05, 4.69) is 16.5 Å². The summed E-state index contributed by atoms with van der Waals surface area (Å²) in [7, 11) is 3.82. The van der Waals surface area contributed by atoms with Gasteiger partial charge in [-0.15, -0.1) is 0 Å². The zero-order valence-corrected chi connectivity index (χ0v) is 19.0. The first kappa shape index (κ1) is 25.2. The molecular formula is C24H47N2O2+. The predicted octanol–water partition coefficient (Wildman–Crippen LogP) is 5.89. The Labute approximate surface area is 174 Å². The van der Waals surface area contributed by atoms with Gasteiger partial charge in [-0.05, 0) is 6.42 Å². The molecule has 0 aliphatic rings. The fourth-order valence-corrected chi connectivity index (χ4v) is 3.68. The molecule has 0 amide bonds. The van der Waals surface area contributed by atoms with Crippen molar-refractivity contribution in [1.82, 2.24) is 4.98 Å². The molecule has 1 rings (SSSR count). The molecule has 0 aliphatic heterocycles. The molecule has 28 heavy (non-hydrogen) atoms. The summed E-state index contributed by atoms with van der Waals surface area (Å²) in [4.78, 5) is 3.25. The number of aryl methyl sites for hydroxylation is 1. The van der Waals surface area contributed by atoms with Crippen molar-refractivity contribution in [2.24, 2.45) is 7.05 Å². The number of imidazole rings is 1. The van der Waals surface area contributed by atoms with Crippen LogP contribution in [-0.2, 0) is 22.9 Å². The third-order valence-electron chi connectivity index (χ3n) is 5.67. The molecule has 0 spiro atoms. The summed E-state index contributed by atoms with van der Waals surface area (Å²) >= 11 is 0. The quantitative estimate of drug-likeness (QED) is 0.221. The standard InChI is InChI=1S/C24H46N2O2/c1-4-5-6-7-8-9-10-11-12-13-14-15-16-17-20-28-22-23(27-3)21-24-25-18-19-26(24)2/h18-19,23H,4-17,20-22H2,1-3H3/p+1. The molecule has 1 unspecified atom stereocenters. The maximum atomic E-state index is 5.83. The number of ether oxygens (including phenoxy) is 2. The molecule has 0 saturated heterocycles. The maximum absolute atomic E-state index is 5.83. The third-order valence-corrected chi connectivity index (χ3v) is 5.67. The molecule has 0 aromatic carbocycles. The molecule has 164 valence electrons. The van der Waals surface area contributed by atoms with Gasteiger partial charge in [0, 0.05) is 13.7 Å². The van der Waals surface area contributed by atoms with Gasteiger partial charge in [0.1, 0.15) is 12.4 Å². The van der Waals surface area contributed by atoms with E-state index in [0.29, 0.717) is 6.61 Å². The number of methoxy groups -OCH3 is 1. The first-order chi connectivity index (χ1) is 13.8. The summed E-state index contributed by atoms with van der Waals surface area (Å²) < 4.78 is 13.5. The van der Waals surface area contributed by atoms with Gasteiger partial charge in [0.15, 0.2) is 0 Å². The lowest BCUT2D eigenvalue weighted by Crippen LogP contribution is -2.34. The van der Waals surface area contributed by atoms with Gasteiger partial charge in [-0.25, -0.2) is 9.55 Å². The Kier molecular flexibility index (Phi) is 16.3. The van der Waals surface area contributed by atoms with E-state index in [-0.39, 0.29) is 6.10 Å². The van der Waals surface area contributed by atoms with Crippen LogP contribution in [-0.4, -0.2) is 31.4 Å². The second kappa shape index (κ2) is 18.2. The molecule has 0 fully saturated rings. The summed E-state index contributed by atoms with van der Waals surface area (Å²) in [6.45, 7) is 3.82. The number of nitrogens with zero attached hydrogens (tertiary/aromatic N) is 1. The van der Waals surface area contributed by atoms with Crippen molar-refractivity contribution in [2.75, 3.05) is 20.3 Å². The summed E-state index contributed by atoms with van der Waals surface area (Å²) in [6.07, 6.45) is 24.5. The fraction of sp³-hybridized carbons (Fsp3) is 0.875. The number of aromatic amines is 1. The molecule has 1 aromatic heterocycles. The highest BCUT2D eigenvalue weighted by Gasteiger charge is 2.15. The fourth-order valence-electron chi connectivity index (χ4n) is 3.68. The Morgan fingerprint density at radius 1 is 0.857 bits per heavy atom. The van der Waals surface area contributed by atoms with Crippen molar-refractivity contribution < 1.29 is 14.0 Å². The predicted molar refractivity (Wildman–Crippen MR) is 118 cm³/mol. The lowest BCUT2D eigenvalue weighted by atomic mass is 10.0. The topological polar surface area (TPSA) is 38.1 Å². The lowest BCUT2D eigenvalue weighted by molar-refractivity contribution is -0.678. The van der Waals surface area contributed by atoms with Crippen molar-refractivity contribution in [2.45, 2.75) is 109 Å². The van der Waals surface area contributed by atoms with Gasteiger partial charge in [-0.2, -0.15) is 0 Å². The van der Waals surface area contributed by atoms with E-state index in [4.69, 9.17) is 9.47 Å². The lowest BCUT2D eigenvalue weighted by Gasteiger charge is -2.13. The highest BCUT2D eigenvalue weighted by atomic mass is 16.5. The summed E-state index contributed by atoms with van der Waals surface area (Å²) in [5.74, 6) is 1.17. The second-order valence-electron chi connectivity index (χ2n) is 8.25. The van der Waals surface area contributed by atoms with Gasteiger partial charge in [0.2, 0.25) is 0 Å². The van der Waals surface area contributed by atoms with Gasteiger partial charge < -0.3 is 9.47 Å². The minimum Gasteiger partial charge on any atom is -0.379 e. The van der Waals surface area contributed by atoms with Crippen LogP contribution in [0.5, 0.6) is 0 Å². The van der Waals surface area contributed by atoms with Crippen LogP contribution in [0.2, 0.25) is 0 Å². The van der Waals surface area contributed by atoms with Crippen LogP contribution >= 0.6 is 0 Å². The Hall–Kier alpha value is -0.870. The number of aromatic nitrogens is 2. The molecule has 4 nitrogen and oxygen atoms in total. The molecule has 0 radical (unpaired) electrons. The van der Waals surface area contributed by atoms with Crippen LogP contribution < -0.4 is 4.57 Å². The van der Waals surface area contributed by atoms with Crippen LogP contribution in [0.25, 0.3) is 0 Å². The summed E-state index contributed by atoms with van der Waals surface area (Å²) in [5, 5.41) is 0. The van der Waals surface area contributed by atoms with E-state index in [9.17, 15) is 0 Å². The molecular weight excluding hydrogens is 348 g/mol. The zero-order chi connectivity index (χ0) is 20.3. The van der Waals surface area contributed by atoms with Gasteiger partial charge in [0.05, 0.1) is 26.2 Å². The van der Waals surface area contributed by atoms with Crippen molar-refractivity contribution in [3.63, 3.8) is 0 Å². The van der Waals surface area contributed by atoms with Crippen LogP contribution in [0, 0.1) is 0 Å². The van der Waals surface area contributed by atoms with Crippen LogP contribution in [0.15, 0.2) is 12.4 Å². The second-order valence-corrected chi connectivity index (χ2v) is 8.25. The maximum Gasteiger partial charge on any atom is 0.256 e. The smallest absolute Gasteiger partial charge is 0.256 e.